The monoisotopic (exact) mass is 252 g/mol. The third-order valence-corrected chi connectivity index (χ3v) is 3.25. The van der Waals surface area contributed by atoms with Crippen LogP contribution in [0.1, 0.15) is 24.4 Å². The van der Waals surface area contributed by atoms with Gasteiger partial charge in [0.15, 0.2) is 0 Å². The molecule has 3 aromatic rings. The topological polar surface area (TPSA) is 53.6 Å². The third-order valence-electron chi connectivity index (χ3n) is 3.25. The summed E-state index contributed by atoms with van der Waals surface area (Å²) >= 11 is 0. The number of H-pyrrole nitrogens is 1. The fraction of sp³-hybridized carbons (Fsp3) is 0.200. The molecule has 0 bridgehead atoms. The van der Waals surface area contributed by atoms with E-state index in [0.717, 1.165) is 12.4 Å². The second kappa shape index (κ2) is 5.20. The predicted octanol–water partition coefficient (Wildman–Crippen LogP) is 2.81. The SMILES string of the molecule is CC(NCc1ccc2cnccc2c1)c1ncc[nH]1. The summed E-state index contributed by atoms with van der Waals surface area (Å²) in [5, 5.41) is 5.85. The number of aromatic amines is 1. The van der Waals surface area contributed by atoms with Crippen LogP contribution in [0, 0.1) is 0 Å². The molecule has 2 N–H and O–H groups in total. The first-order valence-electron chi connectivity index (χ1n) is 6.38. The van der Waals surface area contributed by atoms with Gasteiger partial charge in [-0.2, -0.15) is 0 Å². The highest BCUT2D eigenvalue weighted by Crippen LogP contribution is 2.15. The number of rotatable bonds is 4. The summed E-state index contributed by atoms with van der Waals surface area (Å²) in [4.78, 5) is 11.5. The normalized spacial score (nSPS) is 12.7. The maximum Gasteiger partial charge on any atom is 0.122 e. The van der Waals surface area contributed by atoms with E-state index in [2.05, 4.69) is 45.4 Å². The lowest BCUT2D eigenvalue weighted by Crippen LogP contribution is -2.19. The maximum atomic E-state index is 4.25. The molecule has 2 heterocycles. The molecule has 0 saturated heterocycles. The number of nitrogens with zero attached hydrogens (tertiary/aromatic N) is 2. The highest BCUT2D eigenvalue weighted by atomic mass is 15.0. The molecule has 0 saturated carbocycles. The summed E-state index contributed by atoms with van der Waals surface area (Å²) in [6.07, 6.45) is 7.33. The molecule has 0 fully saturated rings. The minimum absolute atomic E-state index is 0.211. The van der Waals surface area contributed by atoms with Gasteiger partial charge in [-0.3, -0.25) is 4.98 Å². The molecule has 0 aliphatic carbocycles. The number of pyridine rings is 1. The average molecular weight is 252 g/mol. The molecule has 1 unspecified atom stereocenters. The van der Waals surface area contributed by atoms with E-state index in [1.54, 1.807) is 6.20 Å². The fourth-order valence-corrected chi connectivity index (χ4v) is 2.12. The summed E-state index contributed by atoms with van der Waals surface area (Å²) in [5.74, 6) is 0.963. The smallest absolute Gasteiger partial charge is 0.122 e. The Morgan fingerprint density at radius 2 is 2.16 bits per heavy atom. The molecule has 1 atom stereocenters. The van der Waals surface area contributed by atoms with Gasteiger partial charge < -0.3 is 10.3 Å². The van der Waals surface area contributed by atoms with Crippen LogP contribution < -0.4 is 5.32 Å². The first-order valence-corrected chi connectivity index (χ1v) is 6.38. The van der Waals surface area contributed by atoms with Crippen molar-refractivity contribution in [2.75, 3.05) is 0 Å². The molecule has 19 heavy (non-hydrogen) atoms. The summed E-state index contributed by atoms with van der Waals surface area (Å²) in [6.45, 7) is 2.92. The van der Waals surface area contributed by atoms with E-state index in [0.29, 0.717) is 0 Å². The summed E-state index contributed by atoms with van der Waals surface area (Å²) in [7, 11) is 0. The van der Waals surface area contributed by atoms with Gasteiger partial charge in [0.05, 0.1) is 6.04 Å². The van der Waals surface area contributed by atoms with E-state index in [-0.39, 0.29) is 6.04 Å². The standard InChI is InChI=1S/C15H16N4/c1-11(15-17-6-7-18-15)19-9-12-2-3-14-10-16-5-4-13(14)8-12/h2-8,10-11,19H,9H2,1H3,(H,17,18). The zero-order valence-electron chi connectivity index (χ0n) is 10.8. The lowest BCUT2D eigenvalue weighted by atomic mass is 10.1. The number of aromatic nitrogens is 3. The highest BCUT2D eigenvalue weighted by Gasteiger charge is 2.06. The number of fused-ring (bicyclic) bond motifs is 1. The van der Waals surface area contributed by atoms with Gasteiger partial charge in [0.2, 0.25) is 0 Å². The van der Waals surface area contributed by atoms with Crippen molar-refractivity contribution in [3.05, 3.63) is 60.4 Å². The molecular formula is C15H16N4. The first kappa shape index (κ1) is 11.9. The molecule has 4 nitrogen and oxygen atoms in total. The Hall–Kier alpha value is -2.20. The Morgan fingerprint density at radius 1 is 1.21 bits per heavy atom. The Bertz CT molecular complexity index is 661. The molecular weight excluding hydrogens is 236 g/mol. The molecule has 0 spiro atoms. The van der Waals surface area contributed by atoms with Crippen molar-refractivity contribution in [2.45, 2.75) is 19.5 Å². The Labute approximate surface area is 111 Å². The molecule has 3 rings (SSSR count). The van der Waals surface area contributed by atoms with Gasteiger partial charge in [0.1, 0.15) is 5.82 Å². The van der Waals surface area contributed by atoms with Gasteiger partial charge in [-0.05, 0) is 30.0 Å². The lowest BCUT2D eigenvalue weighted by Gasteiger charge is -2.11. The number of hydrogen-bond donors (Lipinski definition) is 2. The van der Waals surface area contributed by atoms with Crippen molar-refractivity contribution >= 4 is 10.8 Å². The van der Waals surface area contributed by atoms with E-state index in [4.69, 9.17) is 0 Å². The largest absolute Gasteiger partial charge is 0.347 e. The average Bonchev–Trinajstić information content (AvgIpc) is 2.99. The van der Waals surface area contributed by atoms with Gasteiger partial charge in [-0.15, -0.1) is 0 Å². The van der Waals surface area contributed by atoms with E-state index in [9.17, 15) is 0 Å². The van der Waals surface area contributed by atoms with Crippen LogP contribution in [0.4, 0.5) is 0 Å². The van der Waals surface area contributed by atoms with Gasteiger partial charge in [0, 0.05) is 36.7 Å². The minimum Gasteiger partial charge on any atom is -0.347 e. The zero-order chi connectivity index (χ0) is 13.1. The van der Waals surface area contributed by atoms with Crippen LogP contribution in [0.15, 0.2) is 49.1 Å². The molecule has 96 valence electrons. The number of imidazole rings is 1. The van der Waals surface area contributed by atoms with Crippen LogP contribution in [0.25, 0.3) is 10.8 Å². The molecule has 0 radical (unpaired) electrons. The molecule has 0 amide bonds. The molecule has 2 aromatic heterocycles. The molecule has 0 aliphatic heterocycles. The van der Waals surface area contributed by atoms with Crippen molar-refractivity contribution in [3.63, 3.8) is 0 Å². The second-order valence-electron chi connectivity index (χ2n) is 4.63. The number of hydrogen-bond acceptors (Lipinski definition) is 3. The first-order chi connectivity index (χ1) is 9.33. The van der Waals surface area contributed by atoms with Gasteiger partial charge in [0.25, 0.3) is 0 Å². The number of benzene rings is 1. The van der Waals surface area contributed by atoms with E-state index in [1.807, 2.05) is 24.7 Å². The van der Waals surface area contributed by atoms with Crippen molar-refractivity contribution in [1.82, 2.24) is 20.3 Å². The van der Waals surface area contributed by atoms with Crippen molar-refractivity contribution in [3.8, 4) is 0 Å². The van der Waals surface area contributed by atoms with Gasteiger partial charge in [-0.25, -0.2) is 4.98 Å². The van der Waals surface area contributed by atoms with Crippen LogP contribution in [-0.2, 0) is 6.54 Å². The summed E-state index contributed by atoms with van der Waals surface area (Å²) < 4.78 is 0. The third kappa shape index (κ3) is 2.63. The maximum absolute atomic E-state index is 4.25. The van der Waals surface area contributed by atoms with Crippen LogP contribution in [0.2, 0.25) is 0 Å². The van der Waals surface area contributed by atoms with Gasteiger partial charge in [-0.1, -0.05) is 12.1 Å². The van der Waals surface area contributed by atoms with Crippen molar-refractivity contribution in [2.24, 2.45) is 0 Å². The van der Waals surface area contributed by atoms with Crippen molar-refractivity contribution in [1.29, 1.82) is 0 Å². The summed E-state index contributed by atoms with van der Waals surface area (Å²) in [5.41, 5.74) is 1.26. The van der Waals surface area contributed by atoms with Crippen LogP contribution in [0.5, 0.6) is 0 Å². The second-order valence-corrected chi connectivity index (χ2v) is 4.63. The van der Waals surface area contributed by atoms with Crippen molar-refractivity contribution < 1.29 is 0 Å². The minimum atomic E-state index is 0.211. The van der Waals surface area contributed by atoms with Gasteiger partial charge >= 0.3 is 0 Å². The fourth-order valence-electron chi connectivity index (χ4n) is 2.12. The van der Waals surface area contributed by atoms with E-state index >= 15 is 0 Å². The molecule has 4 heteroatoms. The Morgan fingerprint density at radius 3 is 3.00 bits per heavy atom. The van der Waals surface area contributed by atoms with E-state index in [1.165, 1.54) is 16.3 Å². The summed E-state index contributed by atoms with van der Waals surface area (Å²) in [6, 6.07) is 8.68. The zero-order valence-corrected chi connectivity index (χ0v) is 10.8. The molecule has 1 aromatic carbocycles. The van der Waals surface area contributed by atoms with Crippen LogP contribution >= 0.6 is 0 Å². The Balaban J connectivity index is 1.71. The Kier molecular flexibility index (Phi) is 3.25. The van der Waals surface area contributed by atoms with Crippen LogP contribution in [-0.4, -0.2) is 15.0 Å². The van der Waals surface area contributed by atoms with E-state index < -0.39 is 0 Å². The van der Waals surface area contributed by atoms with Crippen LogP contribution in [0.3, 0.4) is 0 Å². The quantitative estimate of drug-likeness (QED) is 0.750. The number of nitrogens with one attached hydrogen (secondary N) is 2. The molecule has 0 aliphatic rings. The predicted molar refractivity (Wildman–Crippen MR) is 75.6 cm³/mol. The lowest BCUT2D eigenvalue weighted by molar-refractivity contribution is 0.551. The highest BCUT2D eigenvalue weighted by molar-refractivity contribution is 5.81.